The lowest BCUT2D eigenvalue weighted by atomic mass is 9.88. The average molecular weight is 260 g/mol. The highest BCUT2D eigenvalue weighted by Crippen LogP contribution is 2.23. The summed E-state index contributed by atoms with van der Waals surface area (Å²) >= 11 is 0. The van der Waals surface area contributed by atoms with E-state index in [1.807, 2.05) is 30.3 Å². The topological polar surface area (TPSA) is 51.2 Å². The van der Waals surface area contributed by atoms with Crippen LogP contribution >= 0.6 is 0 Å². The molecule has 0 saturated heterocycles. The summed E-state index contributed by atoms with van der Waals surface area (Å²) in [5, 5.41) is 0. The van der Waals surface area contributed by atoms with Crippen LogP contribution in [0.2, 0.25) is 0 Å². The highest BCUT2D eigenvalue weighted by atomic mass is 16.1. The van der Waals surface area contributed by atoms with Gasteiger partial charge in [-0.3, -0.25) is 9.59 Å². The van der Waals surface area contributed by atoms with Gasteiger partial charge >= 0.3 is 0 Å². The minimum absolute atomic E-state index is 0.00812. The SMILES string of the molecule is CC(=O)CCCC(=O)C(CC(C)=O)c1ccccc1. The fraction of sp³-hybridized carbons (Fsp3) is 0.438. The molecule has 3 heteroatoms. The number of carbonyl (C=O) groups is 3. The van der Waals surface area contributed by atoms with E-state index >= 15 is 0 Å². The molecule has 0 heterocycles. The van der Waals surface area contributed by atoms with Crippen LogP contribution in [-0.2, 0) is 14.4 Å². The van der Waals surface area contributed by atoms with Crippen molar-refractivity contribution in [3.05, 3.63) is 35.9 Å². The van der Waals surface area contributed by atoms with Crippen LogP contribution in [-0.4, -0.2) is 17.3 Å². The Morgan fingerprint density at radius 3 is 2.11 bits per heavy atom. The zero-order valence-corrected chi connectivity index (χ0v) is 11.5. The largest absolute Gasteiger partial charge is 0.300 e. The zero-order valence-electron chi connectivity index (χ0n) is 11.5. The number of benzene rings is 1. The zero-order chi connectivity index (χ0) is 14.3. The molecule has 1 rings (SSSR count). The molecule has 0 spiro atoms. The summed E-state index contributed by atoms with van der Waals surface area (Å²) in [6.45, 7) is 3.02. The molecule has 1 unspecified atom stereocenters. The summed E-state index contributed by atoms with van der Waals surface area (Å²) in [5.41, 5.74) is 0.880. The maximum atomic E-state index is 12.2. The molecule has 19 heavy (non-hydrogen) atoms. The van der Waals surface area contributed by atoms with Crippen molar-refractivity contribution in [1.82, 2.24) is 0 Å². The third kappa shape index (κ3) is 5.60. The van der Waals surface area contributed by atoms with Gasteiger partial charge < -0.3 is 4.79 Å². The fourth-order valence-electron chi connectivity index (χ4n) is 2.08. The number of rotatable bonds is 8. The number of hydrogen-bond donors (Lipinski definition) is 0. The van der Waals surface area contributed by atoms with Crippen LogP contribution in [0, 0.1) is 0 Å². The van der Waals surface area contributed by atoms with Crippen LogP contribution < -0.4 is 0 Å². The van der Waals surface area contributed by atoms with Crippen LogP contribution in [0.25, 0.3) is 0 Å². The Bertz CT molecular complexity index is 448. The van der Waals surface area contributed by atoms with Crippen molar-refractivity contribution >= 4 is 17.3 Å². The summed E-state index contributed by atoms with van der Waals surface area (Å²) < 4.78 is 0. The van der Waals surface area contributed by atoms with Crippen molar-refractivity contribution < 1.29 is 14.4 Å². The lowest BCUT2D eigenvalue weighted by Crippen LogP contribution is -2.15. The first kappa shape index (κ1) is 15.3. The Morgan fingerprint density at radius 2 is 1.58 bits per heavy atom. The van der Waals surface area contributed by atoms with E-state index in [9.17, 15) is 14.4 Å². The molecule has 0 aromatic heterocycles. The normalized spacial score (nSPS) is 11.9. The monoisotopic (exact) mass is 260 g/mol. The standard InChI is InChI=1S/C16H20O3/c1-12(17)7-6-10-16(19)15(11-13(2)18)14-8-4-3-5-9-14/h3-5,8-9,15H,6-7,10-11H2,1-2H3. The second-order valence-electron chi connectivity index (χ2n) is 4.89. The minimum atomic E-state index is -0.370. The van der Waals surface area contributed by atoms with E-state index in [4.69, 9.17) is 0 Å². The number of carbonyl (C=O) groups excluding carboxylic acids is 3. The minimum Gasteiger partial charge on any atom is -0.300 e. The second-order valence-corrected chi connectivity index (χ2v) is 4.89. The molecule has 0 fully saturated rings. The van der Waals surface area contributed by atoms with Crippen molar-refractivity contribution in [3.63, 3.8) is 0 Å². The summed E-state index contributed by atoms with van der Waals surface area (Å²) in [6, 6.07) is 9.36. The third-order valence-corrected chi connectivity index (χ3v) is 3.03. The van der Waals surface area contributed by atoms with Crippen molar-refractivity contribution in [3.8, 4) is 0 Å². The van der Waals surface area contributed by atoms with Crippen molar-refractivity contribution in [2.24, 2.45) is 0 Å². The second kappa shape index (κ2) is 7.62. The Balaban J connectivity index is 2.71. The molecule has 0 aliphatic heterocycles. The molecule has 0 amide bonds. The van der Waals surface area contributed by atoms with Crippen molar-refractivity contribution in [2.45, 2.75) is 45.4 Å². The molecule has 3 nitrogen and oxygen atoms in total. The molecular formula is C16H20O3. The van der Waals surface area contributed by atoms with E-state index in [1.165, 1.54) is 13.8 Å². The fourth-order valence-corrected chi connectivity index (χ4v) is 2.08. The van der Waals surface area contributed by atoms with Crippen molar-refractivity contribution in [1.29, 1.82) is 0 Å². The van der Waals surface area contributed by atoms with Gasteiger partial charge in [0.15, 0.2) is 0 Å². The Labute approximate surface area is 114 Å². The first-order valence-electron chi connectivity index (χ1n) is 6.57. The summed E-state index contributed by atoms with van der Waals surface area (Å²) in [4.78, 5) is 34.4. The number of ketones is 3. The van der Waals surface area contributed by atoms with Gasteiger partial charge in [-0.1, -0.05) is 30.3 Å². The summed E-state index contributed by atoms with van der Waals surface area (Å²) in [6.07, 6.45) is 1.58. The maximum absolute atomic E-state index is 12.2. The molecule has 1 aromatic carbocycles. The number of Topliss-reactive ketones (excluding diaryl/α,β-unsaturated/α-hetero) is 3. The molecule has 0 aliphatic rings. The van der Waals surface area contributed by atoms with Gasteiger partial charge in [-0.2, -0.15) is 0 Å². The predicted molar refractivity (Wildman–Crippen MR) is 74.0 cm³/mol. The quantitative estimate of drug-likeness (QED) is 0.721. The van der Waals surface area contributed by atoms with Crippen molar-refractivity contribution in [2.75, 3.05) is 0 Å². The smallest absolute Gasteiger partial charge is 0.140 e. The lowest BCUT2D eigenvalue weighted by Gasteiger charge is -2.14. The Hall–Kier alpha value is -1.77. The molecule has 1 aromatic rings. The van der Waals surface area contributed by atoms with E-state index < -0.39 is 0 Å². The van der Waals surface area contributed by atoms with E-state index in [1.54, 1.807) is 0 Å². The number of hydrogen-bond acceptors (Lipinski definition) is 3. The van der Waals surface area contributed by atoms with Gasteiger partial charge in [-0.05, 0) is 25.8 Å². The van der Waals surface area contributed by atoms with Gasteiger partial charge in [0, 0.05) is 25.2 Å². The van der Waals surface area contributed by atoms with Crippen LogP contribution in [0.15, 0.2) is 30.3 Å². The molecule has 102 valence electrons. The first-order valence-corrected chi connectivity index (χ1v) is 6.57. The molecule has 0 saturated carbocycles. The van der Waals surface area contributed by atoms with Crippen LogP contribution in [0.4, 0.5) is 0 Å². The van der Waals surface area contributed by atoms with Crippen LogP contribution in [0.5, 0.6) is 0 Å². The Kier molecular flexibility index (Phi) is 6.13. The molecule has 0 aliphatic carbocycles. The highest BCUT2D eigenvalue weighted by Gasteiger charge is 2.21. The molecule has 1 atom stereocenters. The van der Waals surface area contributed by atoms with Gasteiger partial charge in [-0.15, -0.1) is 0 Å². The Morgan fingerprint density at radius 1 is 0.947 bits per heavy atom. The molecule has 0 radical (unpaired) electrons. The summed E-state index contributed by atoms with van der Waals surface area (Å²) in [7, 11) is 0. The third-order valence-electron chi connectivity index (χ3n) is 3.03. The van der Waals surface area contributed by atoms with Gasteiger partial charge in [-0.25, -0.2) is 0 Å². The highest BCUT2D eigenvalue weighted by molar-refractivity contribution is 5.91. The van der Waals surface area contributed by atoms with Gasteiger partial charge in [0.05, 0.1) is 0 Å². The van der Waals surface area contributed by atoms with E-state index in [0.29, 0.717) is 19.3 Å². The lowest BCUT2D eigenvalue weighted by molar-refractivity contribution is -0.125. The van der Waals surface area contributed by atoms with E-state index in [0.717, 1.165) is 5.56 Å². The van der Waals surface area contributed by atoms with E-state index in [2.05, 4.69) is 0 Å². The molecule has 0 N–H and O–H groups in total. The van der Waals surface area contributed by atoms with Crippen LogP contribution in [0.1, 0.15) is 51.0 Å². The molecular weight excluding hydrogens is 240 g/mol. The van der Waals surface area contributed by atoms with Gasteiger partial charge in [0.25, 0.3) is 0 Å². The van der Waals surface area contributed by atoms with Gasteiger partial charge in [0.2, 0.25) is 0 Å². The predicted octanol–water partition coefficient (Wildman–Crippen LogP) is 3.08. The van der Waals surface area contributed by atoms with Crippen LogP contribution in [0.3, 0.4) is 0 Å². The molecule has 0 bridgehead atoms. The average Bonchev–Trinajstić information content (AvgIpc) is 2.36. The summed E-state index contributed by atoms with van der Waals surface area (Å²) in [5.74, 6) is -0.224. The van der Waals surface area contributed by atoms with Gasteiger partial charge in [0.1, 0.15) is 17.3 Å². The first-order chi connectivity index (χ1) is 9.00. The maximum Gasteiger partial charge on any atom is 0.140 e. The van der Waals surface area contributed by atoms with E-state index in [-0.39, 0.29) is 29.7 Å².